The summed E-state index contributed by atoms with van der Waals surface area (Å²) in [7, 11) is 1.61. The van der Waals surface area contributed by atoms with Crippen LogP contribution < -0.4 is 5.32 Å². The first-order chi connectivity index (χ1) is 6.33. The molecule has 1 aromatic rings. The van der Waals surface area contributed by atoms with Crippen LogP contribution in [0.4, 0.5) is 5.95 Å². The van der Waals surface area contributed by atoms with Crippen molar-refractivity contribution in [3.05, 3.63) is 6.33 Å². The summed E-state index contributed by atoms with van der Waals surface area (Å²) in [5.74, 6) is 0.288. The van der Waals surface area contributed by atoms with Crippen molar-refractivity contribution in [3.63, 3.8) is 0 Å². The lowest BCUT2D eigenvalue weighted by atomic mass is 10.3. The first-order valence-electron chi connectivity index (χ1n) is 3.97. The second kappa shape index (κ2) is 5.26. The van der Waals surface area contributed by atoms with Crippen molar-refractivity contribution in [1.82, 2.24) is 15.2 Å². The summed E-state index contributed by atoms with van der Waals surface area (Å²) in [5.41, 5.74) is 0. The van der Waals surface area contributed by atoms with E-state index < -0.39 is 0 Å². The number of carbonyl (C=O) groups is 1. The number of amides is 1. The van der Waals surface area contributed by atoms with Crippen LogP contribution in [-0.4, -0.2) is 34.8 Å². The Labute approximate surface area is 75.7 Å². The largest absolute Gasteiger partial charge is 0.385 e. The fourth-order valence-corrected chi connectivity index (χ4v) is 0.837. The van der Waals surface area contributed by atoms with Gasteiger partial charge < -0.3 is 4.74 Å². The summed E-state index contributed by atoms with van der Waals surface area (Å²) in [6, 6.07) is 0. The molecule has 1 amide bonds. The Morgan fingerprint density at radius 1 is 1.77 bits per heavy atom. The minimum Gasteiger partial charge on any atom is -0.385 e. The highest BCUT2D eigenvalue weighted by molar-refractivity contribution is 5.88. The number of nitrogens with zero attached hydrogens (tertiary/aromatic N) is 2. The quantitative estimate of drug-likeness (QED) is 0.639. The third kappa shape index (κ3) is 3.66. The van der Waals surface area contributed by atoms with Crippen molar-refractivity contribution in [1.29, 1.82) is 0 Å². The number of aromatic amines is 1. The van der Waals surface area contributed by atoms with E-state index in [4.69, 9.17) is 4.74 Å². The maximum absolute atomic E-state index is 11.1. The molecular weight excluding hydrogens is 172 g/mol. The fraction of sp³-hybridized carbons (Fsp3) is 0.571. The SMILES string of the molecule is COCCCC(=O)Nc1ncn[nH]1. The van der Waals surface area contributed by atoms with Crippen molar-refractivity contribution in [2.24, 2.45) is 0 Å². The number of aromatic nitrogens is 3. The molecular formula is C7H12N4O2. The molecule has 0 fully saturated rings. The molecule has 0 aliphatic heterocycles. The van der Waals surface area contributed by atoms with Crippen molar-refractivity contribution in [2.45, 2.75) is 12.8 Å². The number of ether oxygens (including phenoxy) is 1. The molecule has 0 aliphatic carbocycles. The van der Waals surface area contributed by atoms with Crippen LogP contribution in [0.2, 0.25) is 0 Å². The molecule has 0 saturated heterocycles. The highest BCUT2D eigenvalue weighted by atomic mass is 16.5. The number of H-pyrrole nitrogens is 1. The molecule has 0 aromatic carbocycles. The van der Waals surface area contributed by atoms with E-state index in [0.29, 0.717) is 25.4 Å². The second-order valence-electron chi connectivity index (χ2n) is 2.48. The van der Waals surface area contributed by atoms with Gasteiger partial charge in [-0.2, -0.15) is 10.1 Å². The predicted octanol–water partition coefficient (Wildman–Crippen LogP) is 0.170. The smallest absolute Gasteiger partial charge is 0.226 e. The van der Waals surface area contributed by atoms with E-state index in [0.717, 1.165) is 0 Å². The van der Waals surface area contributed by atoms with Crippen LogP contribution in [0, 0.1) is 0 Å². The number of carbonyl (C=O) groups excluding carboxylic acids is 1. The van der Waals surface area contributed by atoms with E-state index in [1.54, 1.807) is 7.11 Å². The van der Waals surface area contributed by atoms with Gasteiger partial charge in [-0.1, -0.05) is 0 Å². The number of hydrogen-bond acceptors (Lipinski definition) is 4. The third-order valence-electron chi connectivity index (χ3n) is 1.43. The van der Waals surface area contributed by atoms with Gasteiger partial charge in [0.1, 0.15) is 6.33 Å². The van der Waals surface area contributed by atoms with Crippen molar-refractivity contribution in [3.8, 4) is 0 Å². The molecule has 2 N–H and O–H groups in total. The van der Waals surface area contributed by atoms with Crippen LogP contribution in [0.15, 0.2) is 6.33 Å². The van der Waals surface area contributed by atoms with Gasteiger partial charge in [0, 0.05) is 20.1 Å². The van der Waals surface area contributed by atoms with Crippen LogP contribution in [0.3, 0.4) is 0 Å². The maximum atomic E-state index is 11.1. The zero-order valence-electron chi connectivity index (χ0n) is 7.41. The monoisotopic (exact) mass is 184 g/mol. The van der Waals surface area contributed by atoms with Crippen LogP contribution in [0.5, 0.6) is 0 Å². The molecule has 1 rings (SSSR count). The Kier molecular flexibility index (Phi) is 3.90. The molecule has 1 heterocycles. The molecule has 0 aliphatic rings. The average molecular weight is 184 g/mol. The molecule has 6 nitrogen and oxygen atoms in total. The topological polar surface area (TPSA) is 79.9 Å². The van der Waals surface area contributed by atoms with E-state index >= 15 is 0 Å². The van der Waals surface area contributed by atoms with E-state index in [1.807, 2.05) is 0 Å². The Balaban J connectivity index is 2.18. The van der Waals surface area contributed by atoms with Crippen molar-refractivity contribution in [2.75, 3.05) is 19.0 Å². The van der Waals surface area contributed by atoms with Gasteiger partial charge >= 0.3 is 0 Å². The first-order valence-corrected chi connectivity index (χ1v) is 3.97. The van der Waals surface area contributed by atoms with Gasteiger partial charge in [0.15, 0.2) is 0 Å². The molecule has 0 saturated carbocycles. The van der Waals surface area contributed by atoms with Gasteiger partial charge in [-0.15, -0.1) is 0 Å². The fourth-order valence-electron chi connectivity index (χ4n) is 0.837. The molecule has 0 atom stereocenters. The Morgan fingerprint density at radius 2 is 2.62 bits per heavy atom. The number of nitrogens with one attached hydrogen (secondary N) is 2. The van der Waals surface area contributed by atoms with Crippen LogP contribution in [0.1, 0.15) is 12.8 Å². The van der Waals surface area contributed by atoms with Crippen LogP contribution in [0.25, 0.3) is 0 Å². The van der Waals surface area contributed by atoms with E-state index in [2.05, 4.69) is 20.5 Å². The molecule has 0 spiro atoms. The summed E-state index contributed by atoms with van der Waals surface area (Å²) in [6.07, 6.45) is 2.47. The van der Waals surface area contributed by atoms with E-state index in [1.165, 1.54) is 6.33 Å². The molecule has 0 unspecified atom stereocenters. The van der Waals surface area contributed by atoms with Crippen LogP contribution >= 0.6 is 0 Å². The normalized spacial score (nSPS) is 9.92. The number of hydrogen-bond donors (Lipinski definition) is 2. The summed E-state index contributed by atoms with van der Waals surface area (Å²) < 4.78 is 4.81. The van der Waals surface area contributed by atoms with Gasteiger partial charge in [-0.3, -0.25) is 10.1 Å². The Morgan fingerprint density at radius 3 is 3.23 bits per heavy atom. The predicted molar refractivity (Wildman–Crippen MR) is 46.1 cm³/mol. The molecule has 72 valence electrons. The molecule has 6 heteroatoms. The summed E-state index contributed by atoms with van der Waals surface area (Å²) >= 11 is 0. The lowest BCUT2D eigenvalue weighted by Crippen LogP contribution is -2.13. The molecule has 1 aromatic heterocycles. The number of rotatable bonds is 5. The zero-order chi connectivity index (χ0) is 9.52. The van der Waals surface area contributed by atoms with Crippen molar-refractivity contribution >= 4 is 11.9 Å². The minimum absolute atomic E-state index is 0.0891. The van der Waals surface area contributed by atoms with E-state index in [9.17, 15) is 4.79 Å². The summed E-state index contributed by atoms with van der Waals surface area (Å²) in [5, 5.41) is 8.69. The molecule has 13 heavy (non-hydrogen) atoms. The maximum Gasteiger partial charge on any atom is 0.226 e. The molecule has 0 radical (unpaired) electrons. The summed E-state index contributed by atoms with van der Waals surface area (Å²) in [4.78, 5) is 14.9. The van der Waals surface area contributed by atoms with Gasteiger partial charge in [0.25, 0.3) is 0 Å². The average Bonchev–Trinajstić information content (AvgIpc) is 2.57. The highest BCUT2D eigenvalue weighted by Crippen LogP contribution is 1.96. The minimum atomic E-state index is -0.0891. The third-order valence-corrected chi connectivity index (χ3v) is 1.43. The number of anilines is 1. The van der Waals surface area contributed by atoms with Crippen LogP contribution in [-0.2, 0) is 9.53 Å². The highest BCUT2D eigenvalue weighted by Gasteiger charge is 2.02. The van der Waals surface area contributed by atoms with Gasteiger partial charge in [-0.05, 0) is 6.42 Å². The Bertz CT molecular complexity index is 247. The lowest BCUT2D eigenvalue weighted by molar-refractivity contribution is -0.116. The van der Waals surface area contributed by atoms with Gasteiger partial charge in [0.05, 0.1) is 0 Å². The molecule has 0 bridgehead atoms. The van der Waals surface area contributed by atoms with Gasteiger partial charge in [0.2, 0.25) is 11.9 Å². The Hall–Kier alpha value is -1.43. The lowest BCUT2D eigenvalue weighted by Gasteiger charge is -2.00. The van der Waals surface area contributed by atoms with E-state index in [-0.39, 0.29) is 5.91 Å². The first kappa shape index (κ1) is 9.66. The van der Waals surface area contributed by atoms with Crippen molar-refractivity contribution < 1.29 is 9.53 Å². The van der Waals surface area contributed by atoms with Gasteiger partial charge in [-0.25, -0.2) is 5.10 Å². The zero-order valence-corrected chi connectivity index (χ0v) is 7.41. The second-order valence-corrected chi connectivity index (χ2v) is 2.48. The standard InChI is InChI=1S/C7H12N4O2/c1-13-4-2-3-6(12)10-7-8-5-9-11-7/h5H,2-4H2,1H3,(H2,8,9,10,11,12). The summed E-state index contributed by atoms with van der Waals surface area (Å²) in [6.45, 7) is 0.587. The number of methoxy groups -OCH3 is 1.